The monoisotopic (exact) mass is 454 g/mol. The second-order valence-electron chi connectivity index (χ2n) is 6.18. The molecule has 0 saturated carbocycles. The van der Waals surface area contributed by atoms with E-state index in [1.54, 1.807) is 48.7 Å². The highest BCUT2D eigenvalue weighted by atomic mass is 32.1. The Morgan fingerprint density at radius 1 is 1.12 bits per heavy atom. The van der Waals surface area contributed by atoms with Gasteiger partial charge >= 0.3 is 11.9 Å². The fraction of sp³-hybridized carbons (Fsp3) is 0.182. The van der Waals surface area contributed by atoms with Gasteiger partial charge in [-0.25, -0.2) is 9.59 Å². The quantitative estimate of drug-likeness (QED) is 0.486. The first-order valence-corrected chi connectivity index (χ1v) is 10.3. The lowest BCUT2D eigenvalue weighted by molar-refractivity contribution is -0.149. The van der Waals surface area contributed by atoms with Crippen molar-refractivity contribution in [2.75, 3.05) is 25.1 Å². The van der Waals surface area contributed by atoms with Crippen LogP contribution in [0.4, 0.5) is 5.00 Å². The van der Waals surface area contributed by atoms with Gasteiger partial charge in [-0.3, -0.25) is 4.79 Å². The average Bonchev–Trinajstić information content (AvgIpc) is 3.46. The van der Waals surface area contributed by atoms with Gasteiger partial charge in [0.2, 0.25) is 0 Å². The van der Waals surface area contributed by atoms with Crippen LogP contribution in [0.5, 0.6) is 5.75 Å². The highest BCUT2D eigenvalue weighted by Crippen LogP contribution is 2.36. The van der Waals surface area contributed by atoms with Crippen molar-refractivity contribution in [2.45, 2.75) is 6.92 Å². The average molecular weight is 454 g/mol. The van der Waals surface area contributed by atoms with E-state index in [0.717, 1.165) is 11.3 Å². The van der Waals surface area contributed by atoms with Crippen LogP contribution < -0.4 is 10.1 Å². The van der Waals surface area contributed by atoms with Crippen molar-refractivity contribution in [1.82, 2.24) is 0 Å². The highest BCUT2D eigenvalue weighted by Gasteiger charge is 2.24. The first kappa shape index (κ1) is 22.6. The molecule has 0 aliphatic carbocycles. The van der Waals surface area contributed by atoms with Gasteiger partial charge in [-0.15, -0.1) is 11.3 Å². The van der Waals surface area contributed by atoms with Gasteiger partial charge < -0.3 is 23.9 Å². The van der Waals surface area contributed by atoms with E-state index >= 15 is 0 Å². The molecule has 32 heavy (non-hydrogen) atoms. The topological polar surface area (TPSA) is 128 Å². The Balaban J connectivity index is 1.56. The van der Waals surface area contributed by atoms with E-state index in [1.165, 1.54) is 6.26 Å². The van der Waals surface area contributed by atoms with Crippen molar-refractivity contribution in [3.8, 4) is 23.1 Å². The van der Waals surface area contributed by atoms with E-state index in [9.17, 15) is 14.4 Å². The number of nitrogens with one attached hydrogen (secondary N) is 1. The van der Waals surface area contributed by atoms with Crippen molar-refractivity contribution in [3.05, 3.63) is 59.2 Å². The zero-order chi connectivity index (χ0) is 22.9. The number of carbonyl (C=O) groups excluding carboxylic acids is 3. The summed E-state index contributed by atoms with van der Waals surface area (Å²) >= 11 is 1.12. The lowest BCUT2D eigenvalue weighted by Gasteiger charge is -2.09. The summed E-state index contributed by atoms with van der Waals surface area (Å²) < 4.78 is 20.6. The number of furan rings is 1. The summed E-state index contributed by atoms with van der Waals surface area (Å²) in [6.07, 6.45) is 1.47. The standard InChI is InChI=1S/C22H18N2O7S/c1-2-28-22(27)20-16(17-4-3-9-29-17)13-32-21(20)24-18(25)11-31-19(26)12-30-15-7-5-14(10-23)6-8-15/h3-9,13H,2,11-12H2,1H3,(H,24,25). The van der Waals surface area contributed by atoms with Gasteiger partial charge in [-0.05, 0) is 43.3 Å². The van der Waals surface area contributed by atoms with Crippen LogP contribution in [0.2, 0.25) is 0 Å². The maximum Gasteiger partial charge on any atom is 0.344 e. The molecule has 0 bridgehead atoms. The van der Waals surface area contributed by atoms with E-state index in [2.05, 4.69) is 5.32 Å². The predicted octanol–water partition coefficient (Wildman–Crippen LogP) is 3.62. The predicted molar refractivity (Wildman–Crippen MR) is 114 cm³/mol. The van der Waals surface area contributed by atoms with Crippen LogP contribution in [0.25, 0.3) is 11.3 Å². The van der Waals surface area contributed by atoms with Crippen molar-refractivity contribution in [2.24, 2.45) is 0 Å². The lowest BCUT2D eigenvalue weighted by Crippen LogP contribution is -2.24. The summed E-state index contributed by atoms with van der Waals surface area (Å²) in [5, 5.41) is 13.2. The maximum atomic E-state index is 12.4. The van der Waals surface area contributed by atoms with Crippen molar-refractivity contribution in [3.63, 3.8) is 0 Å². The first-order chi connectivity index (χ1) is 15.5. The van der Waals surface area contributed by atoms with Crippen LogP contribution >= 0.6 is 11.3 Å². The molecular formula is C22H18N2O7S. The van der Waals surface area contributed by atoms with E-state index in [1.807, 2.05) is 6.07 Å². The number of amides is 1. The second kappa shape index (κ2) is 10.8. The van der Waals surface area contributed by atoms with Gasteiger partial charge in [-0.2, -0.15) is 5.26 Å². The molecule has 1 aromatic carbocycles. The summed E-state index contributed by atoms with van der Waals surface area (Å²) in [6, 6.07) is 11.5. The summed E-state index contributed by atoms with van der Waals surface area (Å²) in [5.41, 5.74) is 1.11. The summed E-state index contributed by atoms with van der Waals surface area (Å²) in [5.74, 6) is -1.15. The minimum atomic E-state index is -0.752. The van der Waals surface area contributed by atoms with Gasteiger partial charge in [0.1, 0.15) is 22.1 Å². The minimum absolute atomic E-state index is 0.163. The number of esters is 2. The molecule has 10 heteroatoms. The Kier molecular flexibility index (Phi) is 7.61. The molecule has 0 aliphatic heterocycles. The van der Waals surface area contributed by atoms with E-state index in [4.69, 9.17) is 23.9 Å². The summed E-state index contributed by atoms with van der Waals surface area (Å²) in [7, 11) is 0. The van der Waals surface area contributed by atoms with Gasteiger partial charge in [0, 0.05) is 10.9 Å². The normalized spacial score (nSPS) is 10.1. The smallest absolute Gasteiger partial charge is 0.344 e. The van der Waals surface area contributed by atoms with Gasteiger partial charge in [0.25, 0.3) is 5.91 Å². The Bertz CT molecular complexity index is 1130. The molecule has 164 valence electrons. The zero-order valence-electron chi connectivity index (χ0n) is 17.0. The SMILES string of the molecule is CCOC(=O)c1c(-c2ccco2)csc1NC(=O)COC(=O)COc1ccc(C#N)cc1. The largest absolute Gasteiger partial charge is 0.482 e. The Morgan fingerprint density at radius 2 is 1.91 bits per heavy atom. The number of nitriles is 1. The second-order valence-corrected chi connectivity index (χ2v) is 7.06. The van der Waals surface area contributed by atoms with Crippen LogP contribution in [0.15, 0.2) is 52.5 Å². The van der Waals surface area contributed by atoms with Crippen molar-refractivity contribution < 1.29 is 33.0 Å². The number of thiophene rings is 1. The molecule has 0 saturated heterocycles. The zero-order valence-corrected chi connectivity index (χ0v) is 17.8. The molecule has 0 aliphatic rings. The molecule has 1 N–H and O–H groups in total. The third-order valence-electron chi connectivity index (χ3n) is 4.01. The van der Waals surface area contributed by atoms with Crippen molar-refractivity contribution in [1.29, 1.82) is 5.26 Å². The molecular weight excluding hydrogens is 436 g/mol. The van der Waals surface area contributed by atoms with Gasteiger partial charge in [0.05, 0.1) is 24.5 Å². The first-order valence-electron chi connectivity index (χ1n) is 9.42. The fourth-order valence-electron chi connectivity index (χ4n) is 2.59. The number of hydrogen-bond donors (Lipinski definition) is 1. The highest BCUT2D eigenvalue weighted by molar-refractivity contribution is 7.15. The van der Waals surface area contributed by atoms with E-state index in [-0.39, 0.29) is 17.2 Å². The number of benzene rings is 1. The number of ether oxygens (including phenoxy) is 3. The number of hydrogen-bond acceptors (Lipinski definition) is 9. The van der Waals surface area contributed by atoms with Gasteiger partial charge in [-0.1, -0.05) is 0 Å². The van der Waals surface area contributed by atoms with Crippen LogP contribution in [0, 0.1) is 11.3 Å². The van der Waals surface area contributed by atoms with Crippen molar-refractivity contribution >= 4 is 34.2 Å². The summed E-state index contributed by atoms with van der Waals surface area (Å²) in [6.45, 7) is 0.867. The molecule has 0 radical (unpaired) electrons. The molecule has 0 fully saturated rings. The molecule has 3 aromatic rings. The third kappa shape index (κ3) is 5.74. The Labute approximate surface area is 187 Å². The molecule has 9 nitrogen and oxygen atoms in total. The van der Waals surface area contributed by atoms with Crippen LogP contribution in [0.1, 0.15) is 22.8 Å². The molecule has 1 amide bonds. The molecule has 0 atom stereocenters. The van der Waals surface area contributed by atoms with E-state index < -0.39 is 31.1 Å². The maximum absolute atomic E-state index is 12.4. The summed E-state index contributed by atoms with van der Waals surface area (Å²) in [4.78, 5) is 36.5. The number of nitrogens with zero attached hydrogens (tertiary/aromatic N) is 1. The molecule has 2 heterocycles. The van der Waals surface area contributed by atoms with E-state index in [0.29, 0.717) is 22.6 Å². The van der Waals surface area contributed by atoms with Gasteiger partial charge in [0.15, 0.2) is 13.2 Å². The number of anilines is 1. The third-order valence-corrected chi connectivity index (χ3v) is 4.91. The van der Waals surface area contributed by atoms with Crippen LogP contribution in [-0.2, 0) is 19.1 Å². The minimum Gasteiger partial charge on any atom is -0.482 e. The molecule has 0 unspecified atom stereocenters. The fourth-order valence-corrected chi connectivity index (χ4v) is 3.54. The Hall–Kier alpha value is -4.10. The Morgan fingerprint density at radius 3 is 2.56 bits per heavy atom. The lowest BCUT2D eigenvalue weighted by atomic mass is 10.1. The number of rotatable bonds is 9. The van der Waals surface area contributed by atoms with Crippen LogP contribution in [0.3, 0.4) is 0 Å². The molecule has 2 aromatic heterocycles. The molecule has 3 rings (SSSR count). The molecule has 0 spiro atoms. The number of carbonyl (C=O) groups is 3. The van der Waals surface area contributed by atoms with Crippen LogP contribution in [-0.4, -0.2) is 37.7 Å².